The van der Waals surface area contributed by atoms with Gasteiger partial charge in [0.25, 0.3) is 0 Å². The largest absolute Gasteiger partial charge is 0.497 e. The number of hydrogen-bond acceptors (Lipinski definition) is 6. The van der Waals surface area contributed by atoms with E-state index in [-0.39, 0.29) is 17.1 Å². The van der Waals surface area contributed by atoms with Crippen molar-refractivity contribution in [2.45, 2.75) is 19.1 Å². The van der Waals surface area contributed by atoms with Crippen LogP contribution in [0.5, 0.6) is 5.75 Å². The SMILES string of the molecule is COCCN1CC2(COCCN(Cc3ccc(OC)cc3F)C2)CC1=O.O=C(O)C(F)(F)F. The van der Waals surface area contributed by atoms with E-state index in [9.17, 15) is 22.4 Å². The first-order valence-electron chi connectivity index (χ1n) is 10.2. The van der Waals surface area contributed by atoms with Gasteiger partial charge < -0.3 is 24.2 Å². The molecule has 33 heavy (non-hydrogen) atoms. The first-order chi connectivity index (χ1) is 15.5. The smallest absolute Gasteiger partial charge is 0.490 e. The number of ether oxygens (including phenoxy) is 3. The number of nitrogens with zero attached hydrogens (tertiary/aromatic N) is 2. The Morgan fingerprint density at radius 1 is 1.27 bits per heavy atom. The summed E-state index contributed by atoms with van der Waals surface area (Å²) in [5.74, 6) is -2.37. The molecule has 0 saturated carbocycles. The lowest BCUT2D eigenvalue weighted by Gasteiger charge is -2.31. The Morgan fingerprint density at radius 3 is 2.55 bits per heavy atom. The van der Waals surface area contributed by atoms with Crippen LogP contribution in [0.25, 0.3) is 0 Å². The highest BCUT2D eigenvalue weighted by molar-refractivity contribution is 5.79. The lowest BCUT2D eigenvalue weighted by atomic mass is 9.87. The molecule has 186 valence electrons. The molecule has 0 aliphatic carbocycles. The minimum atomic E-state index is -5.08. The number of carbonyl (C=O) groups is 2. The van der Waals surface area contributed by atoms with Crippen LogP contribution in [0, 0.1) is 11.2 Å². The van der Waals surface area contributed by atoms with Crippen LogP contribution in [-0.4, -0.2) is 93.2 Å². The second kappa shape index (κ2) is 11.6. The molecule has 0 aromatic heterocycles. The first-order valence-corrected chi connectivity index (χ1v) is 10.2. The third kappa shape index (κ3) is 7.83. The molecular weight excluding hydrogens is 452 g/mol. The third-order valence-electron chi connectivity index (χ3n) is 5.39. The van der Waals surface area contributed by atoms with Crippen LogP contribution < -0.4 is 4.74 Å². The third-order valence-corrected chi connectivity index (χ3v) is 5.39. The monoisotopic (exact) mass is 480 g/mol. The Hall–Kier alpha value is -2.44. The molecule has 1 aromatic carbocycles. The van der Waals surface area contributed by atoms with Crippen molar-refractivity contribution in [3.63, 3.8) is 0 Å². The van der Waals surface area contributed by atoms with Crippen LogP contribution in [0.2, 0.25) is 0 Å². The Bertz CT molecular complexity index is 822. The van der Waals surface area contributed by atoms with Gasteiger partial charge in [0.15, 0.2) is 0 Å². The van der Waals surface area contributed by atoms with Crippen LogP contribution in [0.1, 0.15) is 12.0 Å². The minimum Gasteiger partial charge on any atom is -0.497 e. The summed E-state index contributed by atoms with van der Waals surface area (Å²) in [5, 5.41) is 7.12. The molecule has 1 N–H and O–H groups in total. The summed E-state index contributed by atoms with van der Waals surface area (Å²) in [5.41, 5.74) is 0.396. The predicted octanol–water partition coefficient (Wildman–Crippen LogP) is 2.16. The average molecular weight is 480 g/mol. The number of hydrogen-bond donors (Lipinski definition) is 1. The quantitative estimate of drug-likeness (QED) is 0.625. The number of halogens is 4. The maximum absolute atomic E-state index is 14.3. The number of methoxy groups -OCH3 is 2. The molecule has 8 nitrogen and oxygen atoms in total. The predicted molar refractivity (Wildman–Crippen MR) is 108 cm³/mol. The number of amides is 1. The molecule has 12 heteroatoms. The summed E-state index contributed by atoms with van der Waals surface area (Å²) in [4.78, 5) is 25.3. The van der Waals surface area contributed by atoms with Crippen molar-refractivity contribution in [2.75, 3.05) is 60.2 Å². The number of aliphatic carboxylic acids is 1. The van der Waals surface area contributed by atoms with Crippen LogP contribution >= 0.6 is 0 Å². The number of carboxylic acids is 1. The van der Waals surface area contributed by atoms with Crippen molar-refractivity contribution in [1.82, 2.24) is 9.80 Å². The van der Waals surface area contributed by atoms with E-state index in [0.29, 0.717) is 63.7 Å². The van der Waals surface area contributed by atoms with Crippen molar-refractivity contribution in [2.24, 2.45) is 5.41 Å². The van der Waals surface area contributed by atoms with Crippen LogP contribution in [-0.2, 0) is 25.6 Å². The van der Waals surface area contributed by atoms with Crippen molar-refractivity contribution < 1.29 is 46.5 Å². The molecule has 2 aliphatic rings. The minimum absolute atomic E-state index is 0.142. The van der Waals surface area contributed by atoms with Crippen LogP contribution in [0.3, 0.4) is 0 Å². The Balaban J connectivity index is 0.000000479. The zero-order valence-corrected chi connectivity index (χ0v) is 18.5. The number of benzene rings is 1. The molecule has 2 fully saturated rings. The Labute approximate surface area is 189 Å². The van der Waals surface area contributed by atoms with Crippen molar-refractivity contribution >= 4 is 11.9 Å². The van der Waals surface area contributed by atoms with Gasteiger partial charge >= 0.3 is 12.1 Å². The van der Waals surface area contributed by atoms with Crippen molar-refractivity contribution in [1.29, 1.82) is 0 Å². The molecule has 2 aliphatic heterocycles. The summed E-state index contributed by atoms with van der Waals surface area (Å²) in [7, 11) is 3.16. The zero-order chi connectivity index (χ0) is 24.6. The van der Waals surface area contributed by atoms with Crippen LogP contribution in [0.4, 0.5) is 17.6 Å². The van der Waals surface area contributed by atoms with E-state index in [4.69, 9.17) is 24.1 Å². The molecule has 2 heterocycles. The van der Waals surface area contributed by atoms with E-state index >= 15 is 0 Å². The van der Waals surface area contributed by atoms with Crippen molar-refractivity contribution in [3.05, 3.63) is 29.6 Å². The van der Waals surface area contributed by atoms with E-state index in [0.717, 1.165) is 6.54 Å². The fraction of sp³-hybridized carbons (Fsp3) is 0.619. The molecule has 3 rings (SSSR count). The summed E-state index contributed by atoms with van der Waals surface area (Å²) in [6.07, 6.45) is -4.61. The molecule has 1 aromatic rings. The second-order valence-corrected chi connectivity index (χ2v) is 8.01. The number of carboxylic acid groups (broad SMARTS) is 1. The summed E-state index contributed by atoms with van der Waals surface area (Å²) >= 11 is 0. The van der Waals surface area contributed by atoms with Crippen LogP contribution in [0.15, 0.2) is 18.2 Å². The standard InChI is InChI=1S/C19H27FN2O4.C2HF3O2/c1-24-7-6-22-13-19(10-18(22)23)12-21(5-8-26-14-19)11-15-3-4-16(25-2)9-17(15)20;3-2(4,5)1(6)7/h3-4,9H,5-8,10-14H2,1-2H3;(H,6,7). The molecule has 1 atom stereocenters. The number of rotatable bonds is 6. The molecule has 1 amide bonds. The highest BCUT2D eigenvalue weighted by Crippen LogP contribution is 2.34. The van der Waals surface area contributed by atoms with E-state index in [1.165, 1.54) is 13.2 Å². The Kier molecular flexibility index (Phi) is 9.44. The van der Waals surface area contributed by atoms with Gasteiger partial charge in [0.2, 0.25) is 5.91 Å². The molecular formula is C21H28F4N2O6. The highest BCUT2D eigenvalue weighted by Gasteiger charge is 2.45. The van der Waals surface area contributed by atoms with Gasteiger partial charge in [-0.05, 0) is 6.07 Å². The van der Waals surface area contributed by atoms with Gasteiger partial charge in [0, 0.05) is 63.3 Å². The lowest BCUT2D eigenvalue weighted by Crippen LogP contribution is -2.41. The van der Waals surface area contributed by atoms with Crippen molar-refractivity contribution in [3.8, 4) is 5.75 Å². The van der Waals surface area contributed by atoms with Gasteiger partial charge in [-0.25, -0.2) is 9.18 Å². The van der Waals surface area contributed by atoms with E-state index in [1.54, 1.807) is 19.2 Å². The fourth-order valence-electron chi connectivity index (χ4n) is 3.83. The van der Waals surface area contributed by atoms with Gasteiger partial charge in [0.1, 0.15) is 11.6 Å². The summed E-state index contributed by atoms with van der Waals surface area (Å²) in [6.45, 7) is 4.88. The number of likely N-dealkylation sites (tertiary alicyclic amines) is 1. The van der Waals surface area contributed by atoms with E-state index < -0.39 is 12.1 Å². The fourth-order valence-corrected chi connectivity index (χ4v) is 3.83. The topological polar surface area (TPSA) is 88.5 Å². The highest BCUT2D eigenvalue weighted by atomic mass is 19.4. The van der Waals surface area contributed by atoms with E-state index in [2.05, 4.69) is 4.90 Å². The molecule has 0 radical (unpaired) electrons. The van der Waals surface area contributed by atoms with Gasteiger partial charge in [-0.3, -0.25) is 9.69 Å². The first kappa shape index (κ1) is 26.8. The molecule has 1 spiro atoms. The average Bonchev–Trinajstić information content (AvgIpc) is 2.91. The normalized spacial score (nSPS) is 21.5. The molecule has 1 unspecified atom stereocenters. The number of carbonyl (C=O) groups excluding carboxylic acids is 1. The summed E-state index contributed by atoms with van der Waals surface area (Å²) < 4.78 is 62.0. The van der Waals surface area contributed by atoms with Gasteiger partial charge in [-0.2, -0.15) is 13.2 Å². The summed E-state index contributed by atoms with van der Waals surface area (Å²) in [6, 6.07) is 4.94. The number of alkyl halides is 3. The van der Waals surface area contributed by atoms with Gasteiger partial charge in [-0.1, -0.05) is 6.07 Å². The zero-order valence-electron chi connectivity index (χ0n) is 18.5. The van der Waals surface area contributed by atoms with Gasteiger partial charge in [0.05, 0.1) is 26.9 Å². The molecule has 0 bridgehead atoms. The maximum atomic E-state index is 14.3. The van der Waals surface area contributed by atoms with Gasteiger partial charge in [-0.15, -0.1) is 0 Å². The Morgan fingerprint density at radius 2 is 1.97 bits per heavy atom. The second-order valence-electron chi connectivity index (χ2n) is 8.01. The maximum Gasteiger partial charge on any atom is 0.490 e. The molecule has 2 saturated heterocycles. The van der Waals surface area contributed by atoms with E-state index in [1.807, 2.05) is 4.90 Å². The lowest BCUT2D eigenvalue weighted by molar-refractivity contribution is -0.192.